The standard InChI is InChI=1S/C44H43NO7/c46-40(47)26-45-25-37(36-23-13-14-24-38(36)45)41-43(50-29-34-19-9-3-10-20-34)44(51-30-35-21-11-4-12-22-35)42(49-28-33-17-7-2-8-18-33)39(52-41)31-48-27-32-15-5-1-6-16-32/h1-25,39,41-44H,26-31H2,(H,46,47)/t39-,41?,42?,43?,44?/m1/s1. The number of aliphatic carboxylic acids is 1. The Balaban J connectivity index is 1.30. The van der Waals surface area contributed by atoms with Crippen LogP contribution in [0.2, 0.25) is 0 Å². The van der Waals surface area contributed by atoms with E-state index in [0.29, 0.717) is 26.4 Å². The molecule has 5 aromatic carbocycles. The van der Waals surface area contributed by atoms with Crippen LogP contribution in [0, 0.1) is 0 Å². The third-order valence-electron chi connectivity index (χ3n) is 9.31. The van der Waals surface area contributed by atoms with Crippen molar-refractivity contribution >= 4 is 16.9 Å². The summed E-state index contributed by atoms with van der Waals surface area (Å²) in [4.78, 5) is 12.0. The number of fused-ring (bicyclic) bond motifs is 1. The van der Waals surface area contributed by atoms with Crippen LogP contribution in [0.1, 0.15) is 33.9 Å². The highest BCUT2D eigenvalue weighted by atomic mass is 16.6. The average Bonchev–Trinajstić information content (AvgIpc) is 3.54. The molecule has 5 atom stereocenters. The lowest BCUT2D eigenvalue weighted by atomic mass is 9.90. The molecule has 1 saturated heterocycles. The number of carboxylic acids is 1. The average molecular weight is 698 g/mol. The zero-order chi connectivity index (χ0) is 35.5. The topological polar surface area (TPSA) is 88.4 Å². The van der Waals surface area contributed by atoms with Gasteiger partial charge in [0.25, 0.3) is 0 Å². The first-order valence-electron chi connectivity index (χ1n) is 17.7. The lowest BCUT2D eigenvalue weighted by Gasteiger charge is -2.46. The van der Waals surface area contributed by atoms with E-state index in [1.165, 1.54) is 0 Å². The van der Waals surface area contributed by atoms with Crippen LogP contribution in [0.3, 0.4) is 0 Å². The first-order valence-corrected chi connectivity index (χ1v) is 17.7. The summed E-state index contributed by atoms with van der Waals surface area (Å²) in [7, 11) is 0. The Kier molecular flexibility index (Phi) is 11.8. The van der Waals surface area contributed by atoms with Crippen molar-refractivity contribution < 1.29 is 33.6 Å². The molecule has 0 saturated carbocycles. The molecule has 52 heavy (non-hydrogen) atoms. The summed E-state index contributed by atoms with van der Waals surface area (Å²) >= 11 is 0. The number of nitrogens with zero attached hydrogens (tertiary/aromatic N) is 1. The molecule has 6 aromatic rings. The lowest BCUT2D eigenvalue weighted by Crippen LogP contribution is -2.58. The van der Waals surface area contributed by atoms with Gasteiger partial charge < -0.3 is 33.4 Å². The number of ether oxygens (including phenoxy) is 5. The van der Waals surface area contributed by atoms with Gasteiger partial charge in [0.05, 0.1) is 33.0 Å². The maximum absolute atomic E-state index is 12.0. The quantitative estimate of drug-likeness (QED) is 0.109. The van der Waals surface area contributed by atoms with Gasteiger partial charge in [0.2, 0.25) is 0 Å². The van der Waals surface area contributed by atoms with Crippen LogP contribution < -0.4 is 0 Å². The number of hydrogen-bond donors (Lipinski definition) is 1. The van der Waals surface area contributed by atoms with E-state index in [4.69, 9.17) is 23.7 Å². The SMILES string of the molecule is O=C(O)Cn1cc(C2O[C@H](COCc3ccccc3)C(OCc3ccccc3)C(OCc3ccccc3)C2OCc2ccccc2)c2ccccc21. The zero-order valence-corrected chi connectivity index (χ0v) is 28.9. The third kappa shape index (κ3) is 8.85. The predicted molar refractivity (Wildman–Crippen MR) is 198 cm³/mol. The van der Waals surface area contributed by atoms with Gasteiger partial charge in [0, 0.05) is 22.7 Å². The molecule has 8 heteroatoms. The molecule has 0 spiro atoms. The van der Waals surface area contributed by atoms with Gasteiger partial charge in [-0.1, -0.05) is 140 Å². The van der Waals surface area contributed by atoms with Crippen molar-refractivity contribution in [3.05, 3.63) is 180 Å². The highest BCUT2D eigenvalue weighted by Gasteiger charge is 2.49. The van der Waals surface area contributed by atoms with E-state index < -0.39 is 36.5 Å². The second-order valence-corrected chi connectivity index (χ2v) is 13.0. The summed E-state index contributed by atoms with van der Waals surface area (Å²) in [6.45, 7) is 1.41. The van der Waals surface area contributed by atoms with Crippen LogP contribution in [0.25, 0.3) is 10.9 Å². The second kappa shape index (κ2) is 17.4. The highest BCUT2D eigenvalue weighted by Crippen LogP contribution is 2.41. The molecule has 4 unspecified atom stereocenters. The molecule has 1 fully saturated rings. The Bertz CT molecular complexity index is 1990. The van der Waals surface area contributed by atoms with Crippen LogP contribution in [0.5, 0.6) is 0 Å². The highest BCUT2D eigenvalue weighted by molar-refractivity contribution is 5.85. The van der Waals surface area contributed by atoms with Crippen LogP contribution in [0.15, 0.2) is 152 Å². The minimum atomic E-state index is -0.931. The van der Waals surface area contributed by atoms with Gasteiger partial charge in [-0.2, -0.15) is 0 Å². The Morgan fingerprint density at radius 2 is 1.04 bits per heavy atom. The first-order chi connectivity index (χ1) is 25.6. The molecular weight excluding hydrogens is 654 g/mol. The van der Waals surface area contributed by atoms with Gasteiger partial charge in [-0.05, 0) is 28.3 Å². The molecule has 1 aromatic heterocycles. The molecule has 0 bridgehead atoms. The van der Waals surface area contributed by atoms with Crippen molar-refractivity contribution in [1.29, 1.82) is 0 Å². The molecule has 266 valence electrons. The normalized spacial score (nSPS) is 20.2. The fourth-order valence-electron chi connectivity index (χ4n) is 6.82. The maximum atomic E-state index is 12.0. The Morgan fingerprint density at radius 1 is 0.577 bits per heavy atom. The molecule has 1 aliphatic heterocycles. The van der Waals surface area contributed by atoms with Crippen molar-refractivity contribution in [2.24, 2.45) is 0 Å². The Hall–Kier alpha value is -5.09. The van der Waals surface area contributed by atoms with E-state index in [0.717, 1.165) is 38.7 Å². The van der Waals surface area contributed by atoms with E-state index >= 15 is 0 Å². The van der Waals surface area contributed by atoms with Crippen molar-refractivity contribution in [2.45, 2.75) is 63.5 Å². The summed E-state index contributed by atoms with van der Waals surface area (Å²) in [5.74, 6) is -0.931. The number of carboxylic acid groups (broad SMARTS) is 1. The zero-order valence-electron chi connectivity index (χ0n) is 28.9. The van der Waals surface area contributed by atoms with E-state index in [1.54, 1.807) is 4.57 Å². The van der Waals surface area contributed by atoms with E-state index in [1.807, 2.05) is 152 Å². The van der Waals surface area contributed by atoms with E-state index in [-0.39, 0.29) is 13.2 Å². The van der Waals surface area contributed by atoms with Gasteiger partial charge in [0.1, 0.15) is 37.1 Å². The van der Waals surface area contributed by atoms with Crippen molar-refractivity contribution in [3.8, 4) is 0 Å². The van der Waals surface area contributed by atoms with Crippen molar-refractivity contribution in [1.82, 2.24) is 4.57 Å². The molecular formula is C44H43NO7. The molecule has 2 heterocycles. The predicted octanol–water partition coefficient (Wildman–Crippen LogP) is 8.14. The summed E-state index contributed by atoms with van der Waals surface area (Å²) in [5, 5.41) is 10.7. The summed E-state index contributed by atoms with van der Waals surface area (Å²) in [5.41, 5.74) is 5.71. The van der Waals surface area contributed by atoms with Crippen molar-refractivity contribution in [3.63, 3.8) is 0 Å². The van der Waals surface area contributed by atoms with E-state index in [2.05, 4.69) is 0 Å². The second-order valence-electron chi connectivity index (χ2n) is 13.0. The molecule has 8 nitrogen and oxygen atoms in total. The number of para-hydroxylation sites is 1. The van der Waals surface area contributed by atoms with Gasteiger partial charge in [-0.3, -0.25) is 4.79 Å². The first kappa shape index (κ1) is 35.3. The van der Waals surface area contributed by atoms with Crippen LogP contribution >= 0.6 is 0 Å². The largest absolute Gasteiger partial charge is 0.480 e. The van der Waals surface area contributed by atoms with Crippen LogP contribution in [0.4, 0.5) is 0 Å². The monoisotopic (exact) mass is 697 g/mol. The summed E-state index contributed by atoms with van der Waals surface area (Å²) in [6, 6.07) is 47.9. The number of hydrogen-bond acceptors (Lipinski definition) is 6. The van der Waals surface area contributed by atoms with Gasteiger partial charge >= 0.3 is 5.97 Å². The van der Waals surface area contributed by atoms with Gasteiger partial charge in [0.15, 0.2) is 0 Å². The van der Waals surface area contributed by atoms with Gasteiger partial charge in [-0.15, -0.1) is 0 Å². The fourth-order valence-corrected chi connectivity index (χ4v) is 6.82. The number of aromatic nitrogens is 1. The number of benzene rings is 5. The van der Waals surface area contributed by atoms with Crippen LogP contribution in [-0.2, 0) is 61.5 Å². The summed E-state index contributed by atoms with van der Waals surface area (Å²) < 4.78 is 35.8. The lowest BCUT2D eigenvalue weighted by molar-refractivity contribution is -0.274. The molecule has 1 aliphatic rings. The Morgan fingerprint density at radius 3 is 1.58 bits per heavy atom. The van der Waals surface area contributed by atoms with Crippen LogP contribution in [-0.4, -0.2) is 46.7 Å². The molecule has 0 amide bonds. The molecule has 0 aliphatic carbocycles. The minimum Gasteiger partial charge on any atom is -0.480 e. The summed E-state index contributed by atoms with van der Waals surface area (Å²) in [6.07, 6.45) is -1.15. The van der Waals surface area contributed by atoms with E-state index in [9.17, 15) is 9.90 Å². The molecule has 7 rings (SSSR count). The van der Waals surface area contributed by atoms with Gasteiger partial charge in [-0.25, -0.2) is 0 Å². The molecule has 0 radical (unpaired) electrons. The maximum Gasteiger partial charge on any atom is 0.323 e. The minimum absolute atomic E-state index is 0.191. The van der Waals surface area contributed by atoms with Crippen molar-refractivity contribution in [2.75, 3.05) is 6.61 Å². The Labute approximate surface area is 304 Å². The smallest absolute Gasteiger partial charge is 0.323 e. The fraction of sp³-hybridized carbons (Fsp3) is 0.250. The molecule has 1 N–H and O–H groups in total. The number of carbonyl (C=O) groups is 1. The number of rotatable bonds is 16. The third-order valence-corrected chi connectivity index (χ3v) is 9.31.